The van der Waals surface area contributed by atoms with E-state index in [-0.39, 0.29) is 11.7 Å². The molecular weight excluding hydrogens is 182 g/mol. The van der Waals surface area contributed by atoms with Gasteiger partial charge in [-0.15, -0.1) is 0 Å². The van der Waals surface area contributed by atoms with E-state index in [1.165, 1.54) is 12.1 Å². The molecule has 0 aliphatic rings. The van der Waals surface area contributed by atoms with Crippen molar-refractivity contribution in [3.63, 3.8) is 0 Å². The van der Waals surface area contributed by atoms with E-state index in [4.69, 9.17) is 15.6 Å². The lowest BCUT2D eigenvalue weighted by Gasteiger charge is -2.11. The van der Waals surface area contributed by atoms with Gasteiger partial charge < -0.3 is 15.6 Å². The summed E-state index contributed by atoms with van der Waals surface area (Å²) in [6.07, 6.45) is -0.0642. The summed E-state index contributed by atoms with van der Waals surface area (Å²) in [5.74, 6) is -0.309. The highest BCUT2D eigenvalue weighted by atomic mass is 16.5. The van der Waals surface area contributed by atoms with Gasteiger partial charge in [0, 0.05) is 6.54 Å². The molecule has 0 radical (unpaired) electrons. The average Bonchev–Trinajstić information content (AvgIpc) is 2.18. The van der Waals surface area contributed by atoms with Gasteiger partial charge in [0.15, 0.2) is 0 Å². The fourth-order valence-corrected chi connectivity index (χ4v) is 0.957. The minimum atomic E-state index is -0.941. The fourth-order valence-electron chi connectivity index (χ4n) is 0.957. The van der Waals surface area contributed by atoms with Gasteiger partial charge >= 0.3 is 5.97 Å². The van der Waals surface area contributed by atoms with Crippen LogP contribution in [0.1, 0.15) is 17.3 Å². The van der Waals surface area contributed by atoms with Crippen LogP contribution >= 0.6 is 0 Å². The number of aromatic carboxylic acids is 1. The Balaban J connectivity index is 2.68. The molecular formula is C10H13NO3. The van der Waals surface area contributed by atoms with Gasteiger partial charge in [0.05, 0.1) is 5.56 Å². The second-order valence-electron chi connectivity index (χ2n) is 2.99. The van der Waals surface area contributed by atoms with Crippen LogP contribution in [0.25, 0.3) is 0 Å². The number of benzene rings is 1. The molecule has 0 fully saturated rings. The highest BCUT2D eigenvalue weighted by Crippen LogP contribution is 2.13. The minimum absolute atomic E-state index is 0.0642. The largest absolute Gasteiger partial charge is 0.489 e. The van der Waals surface area contributed by atoms with Crippen LogP contribution in [0.3, 0.4) is 0 Å². The summed E-state index contributed by atoms with van der Waals surface area (Å²) in [7, 11) is 0. The van der Waals surface area contributed by atoms with E-state index in [0.717, 1.165) is 0 Å². The van der Waals surface area contributed by atoms with Crippen LogP contribution in [0, 0.1) is 0 Å². The van der Waals surface area contributed by atoms with Crippen molar-refractivity contribution in [2.45, 2.75) is 13.0 Å². The van der Waals surface area contributed by atoms with E-state index in [1.54, 1.807) is 12.1 Å². The molecule has 0 saturated heterocycles. The zero-order valence-electron chi connectivity index (χ0n) is 7.93. The second-order valence-corrected chi connectivity index (χ2v) is 2.99. The molecule has 1 rings (SSSR count). The summed E-state index contributed by atoms with van der Waals surface area (Å²) in [6.45, 7) is 2.28. The van der Waals surface area contributed by atoms with Crippen molar-refractivity contribution < 1.29 is 14.6 Å². The topological polar surface area (TPSA) is 72.5 Å². The molecule has 0 aromatic heterocycles. The van der Waals surface area contributed by atoms with Crippen LogP contribution in [0.4, 0.5) is 0 Å². The molecule has 4 heteroatoms. The molecule has 0 spiro atoms. The lowest BCUT2D eigenvalue weighted by Crippen LogP contribution is -2.22. The Kier molecular flexibility index (Phi) is 3.48. The van der Waals surface area contributed by atoms with Gasteiger partial charge in [-0.3, -0.25) is 0 Å². The Labute approximate surface area is 82.3 Å². The second kappa shape index (κ2) is 4.62. The third-order valence-electron chi connectivity index (χ3n) is 1.77. The average molecular weight is 195 g/mol. The molecule has 1 aromatic rings. The molecule has 76 valence electrons. The summed E-state index contributed by atoms with van der Waals surface area (Å²) in [6, 6.07) is 6.24. The van der Waals surface area contributed by atoms with Gasteiger partial charge in [0.25, 0.3) is 0 Å². The van der Waals surface area contributed by atoms with Crippen molar-refractivity contribution in [3.05, 3.63) is 29.8 Å². The van der Waals surface area contributed by atoms with Crippen molar-refractivity contribution in [1.82, 2.24) is 0 Å². The molecule has 1 unspecified atom stereocenters. The highest BCUT2D eigenvalue weighted by molar-refractivity contribution is 5.87. The van der Waals surface area contributed by atoms with Crippen molar-refractivity contribution >= 4 is 5.97 Å². The molecule has 0 aliphatic carbocycles. The first kappa shape index (κ1) is 10.5. The van der Waals surface area contributed by atoms with E-state index in [1.807, 2.05) is 6.92 Å². The molecule has 0 heterocycles. The van der Waals surface area contributed by atoms with Crippen LogP contribution in [0.5, 0.6) is 5.75 Å². The van der Waals surface area contributed by atoms with Crippen LogP contribution in [0.15, 0.2) is 24.3 Å². The number of hydrogen-bond donors (Lipinski definition) is 2. The van der Waals surface area contributed by atoms with E-state index in [9.17, 15) is 4.79 Å². The van der Waals surface area contributed by atoms with Gasteiger partial charge in [-0.05, 0) is 31.2 Å². The lowest BCUT2D eigenvalue weighted by atomic mass is 10.2. The molecule has 1 atom stereocenters. The van der Waals surface area contributed by atoms with Crippen molar-refractivity contribution in [1.29, 1.82) is 0 Å². The minimum Gasteiger partial charge on any atom is -0.489 e. The smallest absolute Gasteiger partial charge is 0.335 e. The first-order chi connectivity index (χ1) is 6.63. The first-order valence-corrected chi connectivity index (χ1v) is 4.33. The monoisotopic (exact) mass is 195 g/mol. The van der Waals surface area contributed by atoms with Gasteiger partial charge in [0.2, 0.25) is 0 Å². The van der Waals surface area contributed by atoms with Crippen molar-refractivity contribution in [3.8, 4) is 5.75 Å². The first-order valence-electron chi connectivity index (χ1n) is 4.33. The third kappa shape index (κ3) is 2.74. The predicted octanol–water partition coefficient (Wildman–Crippen LogP) is 1.11. The summed E-state index contributed by atoms with van der Waals surface area (Å²) in [5, 5.41) is 8.64. The van der Waals surface area contributed by atoms with Gasteiger partial charge in [-0.2, -0.15) is 0 Å². The fraction of sp³-hybridized carbons (Fsp3) is 0.300. The Morgan fingerprint density at radius 3 is 2.50 bits per heavy atom. The third-order valence-corrected chi connectivity index (χ3v) is 1.77. The standard InChI is InChI=1S/C10H13NO3/c1-7(6-11)14-9-4-2-8(3-5-9)10(12)13/h2-5,7H,6,11H2,1H3,(H,12,13). The number of carboxylic acids is 1. The number of nitrogens with two attached hydrogens (primary N) is 1. The maximum Gasteiger partial charge on any atom is 0.335 e. The van der Waals surface area contributed by atoms with E-state index >= 15 is 0 Å². The van der Waals surface area contributed by atoms with Crippen LogP contribution in [-0.4, -0.2) is 23.7 Å². The van der Waals surface area contributed by atoms with Crippen LogP contribution in [0.2, 0.25) is 0 Å². The SMILES string of the molecule is CC(CN)Oc1ccc(C(=O)O)cc1. The molecule has 1 aromatic carbocycles. The van der Waals surface area contributed by atoms with E-state index < -0.39 is 5.97 Å². The number of ether oxygens (including phenoxy) is 1. The Bertz CT molecular complexity index is 308. The molecule has 0 amide bonds. The zero-order valence-corrected chi connectivity index (χ0v) is 7.93. The molecule has 3 N–H and O–H groups in total. The van der Waals surface area contributed by atoms with Gasteiger partial charge in [-0.25, -0.2) is 4.79 Å². The van der Waals surface area contributed by atoms with Crippen LogP contribution in [-0.2, 0) is 0 Å². The summed E-state index contributed by atoms with van der Waals surface area (Å²) < 4.78 is 5.38. The number of carbonyl (C=O) groups is 1. The zero-order chi connectivity index (χ0) is 10.6. The molecule has 0 bridgehead atoms. The normalized spacial score (nSPS) is 12.1. The summed E-state index contributed by atoms with van der Waals surface area (Å²) in [4.78, 5) is 10.5. The Morgan fingerprint density at radius 2 is 2.07 bits per heavy atom. The number of rotatable bonds is 4. The van der Waals surface area contributed by atoms with Gasteiger partial charge in [0.1, 0.15) is 11.9 Å². The predicted molar refractivity (Wildman–Crippen MR) is 52.5 cm³/mol. The summed E-state index contributed by atoms with van der Waals surface area (Å²) >= 11 is 0. The maximum absolute atomic E-state index is 10.5. The quantitative estimate of drug-likeness (QED) is 0.754. The van der Waals surface area contributed by atoms with E-state index in [0.29, 0.717) is 12.3 Å². The van der Waals surface area contributed by atoms with Crippen molar-refractivity contribution in [2.75, 3.05) is 6.54 Å². The Hall–Kier alpha value is -1.55. The Morgan fingerprint density at radius 1 is 1.50 bits per heavy atom. The molecule has 14 heavy (non-hydrogen) atoms. The molecule has 0 aliphatic heterocycles. The van der Waals surface area contributed by atoms with Gasteiger partial charge in [-0.1, -0.05) is 0 Å². The molecule has 4 nitrogen and oxygen atoms in total. The number of hydrogen-bond acceptors (Lipinski definition) is 3. The van der Waals surface area contributed by atoms with Crippen LogP contribution < -0.4 is 10.5 Å². The maximum atomic E-state index is 10.5. The van der Waals surface area contributed by atoms with Crippen molar-refractivity contribution in [2.24, 2.45) is 5.73 Å². The summed E-state index contributed by atoms with van der Waals surface area (Å²) in [5.41, 5.74) is 5.63. The highest BCUT2D eigenvalue weighted by Gasteiger charge is 2.04. The molecule has 0 saturated carbocycles. The lowest BCUT2D eigenvalue weighted by molar-refractivity contribution is 0.0697. The number of carboxylic acid groups (broad SMARTS) is 1. The van der Waals surface area contributed by atoms with E-state index in [2.05, 4.69) is 0 Å².